The Hall–Kier alpha value is -4.32. The van der Waals surface area contributed by atoms with E-state index >= 15 is 0 Å². The summed E-state index contributed by atoms with van der Waals surface area (Å²) in [6.45, 7) is 4.41. The van der Waals surface area contributed by atoms with Gasteiger partial charge < -0.3 is 45.9 Å². The average molecular weight is 672 g/mol. The summed E-state index contributed by atoms with van der Waals surface area (Å²) in [7, 11) is -4.14. The zero-order chi connectivity index (χ0) is 33.6. The molecule has 258 valence electrons. The van der Waals surface area contributed by atoms with Crippen molar-refractivity contribution in [2.75, 3.05) is 64.8 Å². The first kappa shape index (κ1) is 37.9. The molecule has 1 atom stereocenters. The number of benzene rings is 1. The minimum Gasteiger partial charge on any atom is -0.492 e. The molecule has 1 aromatic rings. The van der Waals surface area contributed by atoms with E-state index in [0.29, 0.717) is 44.9 Å². The molecular formula is C28H45N7O10S. The molecule has 0 aromatic heterocycles. The molecule has 3 amide bonds. The van der Waals surface area contributed by atoms with Crippen molar-refractivity contribution >= 4 is 40.0 Å². The highest BCUT2D eigenvalue weighted by atomic mass is 32.2. The maximum absolute atomic E-state index is 12.5. The summed E-state index contributed by atoms with van der Waals surface area (Å²) in [5, 5.41) is 23.0. The number of guanidine groups is 1. The van der Waals surface area contributed by atoms with E-state index in [1.807, 2.05) is 11.6 Å². The molecule has 0 aliphatic carbocycles. The van der Waals surface area contributed by atoms with Crippen molar-refractivity contribution < 1.29 is 46.9 Å². The minimum absolute atomic E-state index is 0.0474. The zero-order valence-corrected chi connectivity index (χ0v) is 26.8. The number of rotatable bonds is 21. The lowest BCUT2D eigenvalue weighted by Crippen LogP contribution is -2.49. The summed E-state index contributed by atoms with van der Waals surface area (Å²) in [5.41, 5.74) is 0.224. The van der Waals surface area contributed by atoms with Crippen LogP contribution in [0.15, 0.2) is 29.3 Å². The van der Waals surface area contributed by atoms with Crippen molar-refractivity contribution in [1.29, 1.82) is 0 Å². The highest BCUT2D eigenvalue weighted by molar-refractivity contribution is 7.89. The Bertz CT molecular complexity index is 1250. The van der Waals surface area contributed by atoms with Crippen LogP contribution in [0, 0.1) is 0 Å². The molecule has 0 spiro atoms. The highest BCUT2D eigenvalue weighted by Crippen LogP contribution is 2.12. The van der Waals surface area contributed by atoms with Crippen molar-refractivity contribution in [3.8, 4) is 5.75 Å². The normalized spacial score (nSPS) is 13.3. The fourth-order valence-electron chi connectivity index (χ4n) is 3.72. The maximum atomic E-state index is 12.5. The number of hydrogen-bond donors (Lipinski definition) is 7. The van der Waals surface area contributed by atoms with Crippen molar-refractivity contribution in [1.82, 2.24) is 31.3 Å². The van der Waals surface area contributed by atoms with Crippen LogP contribution in [0.3, 0.4) is 0 Å². The number of carbonyl (C=O) groups is 4. The van der Waals surface area contributed by atoms with Gasteiger partial charge in [-0.15, -0.1) is 0 Å². The molecule has 0 saturated carbocycles. The van der Waals surface area contributed by atoms with E-state index in [4.69, 9.17) is 14.2 Å². The predicted molar refractivity (Wildman–Crippen MR) is 168 cm³/mol. The van der Waals surface area contributed by atoms with Gasteiger partial charge in [0.05, 0.1) is 25.5 Å². The number of alkyl carbamates (subject to hydrolysis) is 2. The first-order chi connectivity index (χ1) is 22.1. The second-order valence-electron chi connectivity index (χ2n) is 10.0. The molecule has 46 heavy (non-hydrogen) atoms. The van der Waals surface area contributed by atoms with Gasteiger partial charge in [0.1, 0.15) is 18.4 Å². The molecule has 1 heterocycles. The number of sulfonamides is 1. The summed E-state index contributed by atoms with van der Waals surface area (Å²) < 4.78 is 42.3. The van der Waals surface area contributed by atoms with Gasteiger partial charge in [0.15, 0.2) is 5.96 Å². The summed E-state index contributed by atoms with van der Waals surface area (Å²) in [4.78, 5) is 51.7. The maximum Gasteiger partial charge on any atom is 0.407 e. The van der Waals surface area contributed by atoms with Crippen molar-refractivity contribution in [3.63, 3.8) is 0 Å². The molecule has 0 bridgehead atoms. The Morgan fingerprint density at radius 2 is 1.63 bits per heavy atom. The minimum atomic E-state index is -4.14. The largest absolute Gasteiger partial charge is 0.492 e. The molecule has 18 heteroatoms. The lowest BCUT2D eigenvalue weighted by molar-refractivity contribution is -0.138. The molecule has 1 aliphatic heterocycles. The number of unbranched alkanes of at least 4 members (excludes halogenated alkanes) is 2. The van der Waals surface area contributed by atoms with Gasteiger partial charge >= 0.3 is 18.2 Å². The number of aliphatic imine (C=N–C) groups is 1. The molecule has 0 saturated heterocycles. The molecule has 1 aromatic carbocycles. The van der Waals surface area contributed by atoms with Gasteiger partial charge in [-0.05, 0) is 49.9 Å². The van der Waals surface area contributed by atoms with Gasteiger partial charge in [-0.2, -0.15) is 4.72 Å². The van der Waals surface area contributed by atoms with Crippen molar-refractivity contribution in [2.24, 2.45) is 4.99 Å². The van der Waals surface area contributed by atoms with Crippen LogP contribution in [0.25, 0.3) is 0 Å². The van der Waals surface area contributed by atoms with Crippen molar-refractivity contribution in [3.05, 3.63) is 29.8 Å². The fourth-order valence-corrected chi connectivity index (χ4v) is 4.83. The van der Waals surface area contributed by atoms with Crippen LogP contribution in [-0.2, 0) is 24.3 Å². The van der Waals surface area contributed by atoms with E-state index in [1.54, 1.807) is 12.1 Å². The van der Waals surface area contributed by atoms with E-state index in [2.05, 4.69) is 31.6 Å². The lowest BCUT2D eigenvalue weighted by atomic mass is 10.2. The number of aliphatic carboxylic acids is 1. The standard InChI is InChI=1S/C28H45N7O10S/c1-2-3-16-44-27(39)32-11-4-5-17-45-28(40)33-15-19-46(41,42)35-23(25(37)38)20-34-24(36)21-7-9-22(10-8-21)43-18-14-31-26-29-12-6-13-30-26/h7-10,23,35H,2-6,11-20H2,1H3,(H,32,39)(H,33,40)(H,34,36)(H,37,38)(H2,29,30,31)/t23-/m0/s1. The Kier molecular flexibility index (Phi) is 17.6. The SMILES string of the molecule is CCCCOC(=O)NCCCCOC(=O)NCCS(=O)(=O)N[C@@H](CNC(=O)c1ccc(OCCNC2=NCCCN2)cc1)C(=O)O. The summed E-state index contributed by atoms with van der Waals surface area (Å²) in [6, 6.07) is 4.53. The topological polar surface area (TPSA) is 235 Å². The van der Waals surface area contributed by atoms with E-state index in [-0.39, 0.29) is 18.7 Å². The molecule has 2 rings (SSSR count). The van der Waals surface area contributed by atoms with Crippen molar-refractivity contribution in [2.45, 2.75) is 45.1 Å². The number of carbonyl (C=O) groups excluding carboxylic acids is 3. The van der Waals surface area contributed by atoms with Crippen LogP contribution in [0.4, 0.5) is 9.59 Å². The average Bonchev–Trinajstić information content (AvgIpc) is 3.03. The second kappa shape index (κ2) is 21.4. The first-order valence-corrected chi connectivity index (χ1v) is 16.8. The van der Waals surface area contributed by atoms with Crippen LogP contribution in [0.2, 0.25) is 0 Å². The Morgan fingerprint density at radius 1 is 0.935 bits per heavy atom. The quantitative estimate of drug-likeness (QED) is 0.0865. The molecule has 0 unspecified atom stereocenters. The number of hydrogen-bond acceptors (Lipinski definition) is 12. The monoisotopic (exact) mass is 671 g/mol. The number of ether oxygens (including phenoxy) is 3. The summed E-state index contributed by atoms with van der Waals surface area (Å²) in [5.74, 6) is -1.46. The zero-order valence-electron chi connectivity index (χ0n) is 26.0. The third kappa shape index (κ3) is 16.7. The van der Waals surface area contributed by atoms with Crippen LogP contribution in [0.1, 0.15) is 49.4 Å². The molecular weight excluding hydrogens is 626 g/mol. The number of carboxylic acid groups (broad SMARTS) is 1. The Balaban J connectivity index is 1.62. The van der Waals surface area contributed by atoms with E-state index in [9.17, 15) is 32.7 Å². The van der Waals surface area contributed by atoms with Gasteiger partial charge in [0, 0.05) is 38.3 Å². The predicted octanol–water partition coefficient (Wildman–Crippen LogP) is 0.139. The summed E-state index contributed by atoms with van der Waals surface area (Å²) in [6.07, 6.45) is 2.34. The fraction of sp³-hybridized carbons (Fsp3) is 0.607. The molecule has 0 fully saturated rings. The van der Waals surface area contributed by atoms with Crippen LogP contribution < -0.4 is 36.0 Å². The summed E-state index contributed by atoms with van der Waals surface area (Å²) >= 11 is 0. The smallest absolute Gasteiger partial charge is 0.407 e. The molecule has 7 N–H and O–H groups in total. The molecule has 1 aliphatic rings. The van der Waals surface area contributed by atoms with Crippen LogP contribution in [0.5, 0.6) is 5.75 Å². The number of nitrogens with zero attached hydrogens (tertiary/aromatic N) is 1. The first-order valence-electron chi connectivity index (χ1n) is 15.2. The van der Waals surface area contributed by atoms with Crippen LogP contribution in [-0.4, -0.2) is 114 Å². The van der Waals surface area contributed by atoms with Gasteiger partial charge in [-0.1, -0.05) is 13.3 Å². The lowest BCUT2D eigenvalue weighted by Gasteiger charge is -2.16. The van der Waals surface area contributed by atoms with Gasteiger partial charge in [-0.25, -0.2) is 18.0 Å². The number of carboxylic acids is 1. The second-order valence-corrected chi connectivity index (χ2v) is 11.9. The van der Waals surface area contributed by atoms with Gasteiger partial charge in [-0.3, -0.25) is 14.6 Å². The number of nitrogens with one attached hydrogen (secondary N) is 6. The van der Waals surface area contributed by atoms with Gasteiger partial charge in [0.25, 0.3) is 5.91 Å². The van der Waals surface area contributed by atoms with Crippen LogP contribution >= 0.6 is 0 Å². The molecule has 17 nitrogen and oxygen atoms in total. The van der Waals surface area contributed by atoms with Gasteiger partial charge in [0.2, 0.25) is 10.0 Å². The Morgan fingerprint density at radius 3 is 2.28 bits per heavy atom. The molecule has 0 radical (unpaired) electrons. The highest BCUT2D eigenvalue weighted by Gasteiger charge is 2.25. The Labute approximate surface area is 268 Å². The van der Waals surface area contributed by atoms with E-state index in [1.165, 1.54) is 12.1 Å². The van der Waals surface area contributed by atoms with E-state index < -0.39 is 52.4 Å². The van der Waals surface area contributed by atoms with E-state index in [0.717, 1.165) is 38.3 Å². The number of amides is 3. The third-order valence-corrected chi connectivity index (χ3v) is 7.59. The third-order valence-electron chi connectivity index (χ3n) is 6.21.